The first kappa shape index (κ1) is 24.8. The Hall–Kier alpha value is -0.160. The lowest BCUT2D eigenvalue weighted by Gasteiger charge is -2.20. The summed E-state index contributed by atoms with van der Waals surface area (Å²) in [6.07, 6.45) is 16.3. The molecule has 0 amide bonds. The van der Waals surface area contributed by atoms with Crippen molar-refractivity contribution >= 4 is 0 Å². The summed E-state index contributed by atoms with van der Waals surface area (Å²) in [5.41, 5.74) is 0. The fraction of sp³-hybridized carbons (Fsp3) is 1.00. The molecule has 0 radical (unpaired) electrons. The molecule has 0 aromatic rings. The second kappa shape index (κ2) is 15.0. The molecule has 152 valence electrons. The summed E-state index contributed by atoms with van der Waals surface area (Å²) in [6, 6.07) is 0. The molecule has 0 unspecified atom stereocenters. The van der Waals surface area contributed by atoms with Crippen LogP contribution in [0.25, 0.3) is 0 Å². The van der Waals surface area contributed by atoms with E-state index in [9.17, 15) is 20.4 Å². The molecule has 0 fully saturated rings. The zero-order chi connectivity index (χ0) is 19.0. The van der Waals surface area contributed by atoms with Gasteiger partial charge in [0.1, 0.15) is 0 Å². The van der Waals surface area contributed by atoms with Gasteiger partial charge in [0.05, 0.1) is 0 Å². The van der Waals surface area contributed by atoms with Crippen molar-refractivity contribution in [3.8, 4) is 0 Å². The van der Waals surface area contributed by atoms with Crippen LogP contribution in [0, 0.1) is 0 Å². The van der Waals surface area contributed by atoms with Crippen molar-refractivity contribution < 1.29 is 20.4 Å². The van der Waals surface area contributed by atoms with Crippen LogP contribution in [-0.2, 0) is 0 Å². The topological polar surface area (TPSA) is 80.9 Å². The van der Waals surface area contributed by atoms with Gasteiger partial charge in [0.15, 0.2) is 11.6 Å². The van der Waals surface area contributed by atoms with Crippen LogP contribution in [-0.4, -0.2) is 32.0 Å². The first-order chi connectivity index (χ1) is 11.8. The molecule has 25 heavy (non-hydrogen) atoms. The highest BCUT2D eigenvalue weighted by molar-refractivity contribution is 4.64. The molecule has 0 heterocycles. The molecule has 0 aliphatic carbocycles. The molecule has 0 aliphatic heterocycles. The SMILES string of the molecule is CCCC(O)(O)CCCCCCCCCCCCCC(O)(O)CCC. The van der Waals surface area contributed by atoms with Crippen LogP contribution in [0.15, 0.2) is 0 Å². The van der Waals surface area contributed by atoms with E-state index in [0.717, 1.165) is 38.5 Å². The summed E-state index contributed by atoms with van der Waals surface area (Å²) in [7, 11) is 0. The van der Waals surface area contributed by atoms with Crippen molar-refractivity contribution in [3.63, 3.8) is 0 Å². The van der Waals surface area contributed by atoms with Crippen molar-refractivity contribution in [2.45, 2.75) is 135 Å². The van der Waals surface area contributed by atoms with Gasteiger partial charge < -0.3 is 20.4 Å². The molecular weight excluding hydrogens is 316 g/mol. The Labute approximate surface area is 155 Å². The van der Waals surface area contributed by atoms with Gasteiger partial charge in [0.2, 0.25) is 0 Å². The lowest BCUT2D eigenvalue weighted by molar-refractivity contribution is -0.172. The highest BCUT2D eigenvalue weighted by Crippen LogP contribution is 2.20. The minimum atomic E-state index is -1.45. The van der Waals surface area contributed by atoms with Crippen molar-refractivity contribution in [2.24, 2.45) is 0 Å². The van der Waals surface area contributed by atoms with Crippen molar-refractivity contribution in [2.75, 3.05) is 0 Å². The second-order valence-electron chi connectivity index (χ2n) is 7.85. The smallest absolute Gasteiger partial charge is 0.162 e. The maximum atomic E-state index is 9.67. The quantitative estimate of drug-likeness (QED) is 0.204. The van der Waals surface area contributed by atoms with Gasteiger partial charge in [-0.05, 0) is 12.8 Å². The van der Waals surface area contributed by atoms with Crippen molar-refractivity contribution in [1.29, 1.82) is 0 Å². The Morgan fingerprint density at radius 1 is 0.400 bits per heavy atom. The summed E-state index contributed by atoms with van der Waals surface area (Å²) >= 11 is 0. The monoisotopic (exact) mass is 360 g/mol. The van der Waals surface area contributed by atoms with E-state index in [1.165, 1.54) is 44.9 Å². The van der Waals surface area contributed by atoms with Gasteiger partial charge in [-0.1, -0.05) is 84.5 Å². The standard InChI is InChI=1S/C21H44O4/c1-3-16-20(22,23)18-14-12-10-8-6-5-7-9-11-13-15-19-21(24,25)17-4-2/h22-25H,3-19H2,1-2H3. The molecule has 0 saturated carbocycles. The lowest BCUT2D eigenvalue weighted by atomic mass is 10.0. The predicted molar refractivity (Wildman–Crippen MR) is 104 cm³/mol. The molecule has 4 nitrogen and oxygen atoms in total. The molecular formula is C21H44O4. The third kappa shape index (κ3) is 17.0. The molecule has 4 heteroatoms. The summed E-state index contributed by atoms with van der Waals surface area (Å²) in [5, 5.41) is 38.7. The number of unbranched alkanes of at least 4 members (excludes halogenated alkanes) is 10. The zero-order valence-corrected chi connectivity index (χ0v) is 16.8. The minimum Gasteiger partial charge on any atom is -0.366 e. The van der Waals surface area contributed by atoms with E-state index in [0.29, 0.717) is 25.7 Å². The Balaban J connectivity index is 3.27. The van der Waals surface area contributed by atoms with E-state index in [1.54, 1.807) is 0 Å². The first-order valence-electron chi connectivity index (χ1n) is 10.7. The minimum absolute atomic E-state index is 0.475. The third-order valence-corrected chi connectivity index (χ3v) is 4.96. The van der Waals surface area contributed by atoms with Crippen LogP contribution in [0.3, 0.4) is 0 Å². The van der Waals surface area contributed by atoms with E-state index in [2.05, 4.69) is 0 Å². The van der Waals surface area contributed by atoms with E-state index >= 15 is 0 Å². The molecule has 0 saturated heterocycles. The maximum Gasteiger partial charge on any atom is 0.162 e. The van der Waals surface area contributed by atoms with Crippen LogP contribution in [0.1, 0.15) is 123 Å². The molecule has 4 N–H and O–H groups in total. The van der Waals surface area contributed by atoms with Gasteiger partial charge in [-0.15, -0.1) is 0 Å². The molecule has 0 aromatic heterocycles. The maximum absolute atomic E-state index is 9.67. The van der Waals surface area contributed by atoms with Crippen LogP contribution in [0.2, 0.25) is 0 Å². The number of rotatable bonds is 18. The predicted octanol–water partition coefficient (Wildman–Crippen LogP) is 5.02. The summed E-state index contributed by atoms with van der Waals surface area (Å²) in [4.78, 5) is 0. The molecule has 0 rings (SSSR count). The van der Waals surface area contributed by atoms with Gasteiger partial charge >= 0.3 is 0 Å². The number of hydrogen-bond acceptors (Lipinski definition) is 4. The van der Waals surface area contributed by atoms with Gasteiger partial charge in [0, 0.05) is 25.7 Å². The van der Waals surface area contributed by atoms with Gasteiger partial charge in [-0.3, -0.25) is 0 Å². The highest BCUT2D eigenvalue weighted by Gasteiger charge is 2.21. The van der Waals surface area contributed by atoms with Crippen LogP contribution < -0.4 is 0 Å². The van der Waals surface area contributed by atoms with Crippen LogP contribution >= 0.6 is 0 Å². The fourth-order valence-electron chi connectivity index (χ4n) is 3.46. The first-order valence-corrected chi connectivity index (χ1v) is 10.7. The van der Waals surface area contributed by atoms with Crippen molar-refractivity contribution in [1.82, 2.24) is 0 Å². The normalized spacial score (nSPS) is 12.7. The van der Waals surface area contributed by atoms with E-state index in [-0.39, 0.29) is 0 Å². The second-order valence-corrected chi connectivity index (χ2v) is 7.85. The summed E-state index contributed by atoms with van der Waals surface area (Å²) in [5.74, 6) is -2.89. The Morgan fingerprint density at radius 3 is 0.880 bits per heavy atom. The van der Waals surface area contributed by atoms with E-state index in [4.69, 9.17) is 0 Å². The highest BCUT2D eigenvalue weighted by atomic mass is 16.5. The largest absolute Gasteiger partial charge is 0.366 e. The fourth-order valence-corrected chi connectivity index (χ4v) is 3.46. The van der Waals surface area contributed by atoms with Crippen LogP contribution in [0.5, 0.6) is 0 Å². The van der Waals surface area contributed by atoms with Gasteiger partial charge in [-0.25, -0.2) is 0 Å². The molecule has 0 atom stereocenters. The number of aliphatic hydroxyl groups is 4. The van der Waals surface area contributed by atoms with Crippen LogP contribution in [0.4, 0.5) is 0 Å². The third-order valence-electron chi connectivity index (χ3n) is 4.96. The molecule has 0 bridgehead atoms. The molecule has 0 spiro atoms. The number of hydrogen-bond donors (Lipinski definition) is 4. The van der Waals surface area contributed by atoms with Crippen molar-refractivity contribution in [3.05, 3.63) is 0 Å². The molecule has 0 aliphatic rings. The summed E-state index contributed by atoms with van der Waals surface area (Å²) in [6.45, 7) is 3.94. The average Bonchev–Trinajstić information content (AvgIpc) is 2.51. The van der Waals surface area contributed by atoms with E-state index < -0.39 is 11.6 Å². The average molecular weight is 361 g/mol. The van der Waals surface area contributed by atoms with Gasteiger partial charge in [-0.2, -0.15) is 0 Å². The zero-order valence-electron chi connectivity index (χ0n) is 16.8. The Bertz CT molecular complexity index is 262. The summed E-state index contributed by atoms with van der Waals surface area (Å²) < 4.78 is 0. The Kier molecular flexibility index (Phi) is 14.9. The Morgan fingerprint density at radius 2 is 0.640 bits per heavy atom. The van der Waals surface area contributed by atoms with E-state index in [1.807, 2.05) is 13.8 Å². The lowest BCUT2D eigenvalue weighted by Crippen LogP contribution is -2.27. The van der Waals surface area contributed by atoms with Gasteiger partial charge in [0.25, 0.3) is 0 Å². The molecule has 0 aromatic carbocycles.